The zero-order valence-corrected chi connectivity index (χ0v) is 23.7. The van der Waals surface area contributed by atoms with Crippen LogP contribution in [0.5, 0.6) is 0 Å². The number of carboxylic acids is 1. The number of aliphatic carboxylic acids is 1. The van der Waals surface area contributed by atoms with Crippen LogP contribution in [-0.2, 0) is 26.5 Å². The van der Waals surface area contributed by atoms with Crippen molar-refractivity contribution < 1.29 is 24.3 Å². The number of hydrogen-bond acceptors (Lipinski definition) is 5. The van der Waals surface area contributed by atoms with Gasteiger partial charge >= 0.3 is 12.0 Å². The van der Waals surface area contributed by atoms with Gasteiger partial charge in [-0.2, -0.15) is 5.01 Å². The number of carbonyl (C=O) groups is 4. The molecule has 1 aliphatic rings. The lowest BCUT2D eigenvalue weighted by Gasteiger charge is -2.36. The summed E-state index contributed by atoms with van der Waals surface area (Å²) in [7, 11) is 0. The number of carbonyl (C=O) groups excluding carboxylic acids is 3. The molecule has 0 bridgehead atoms. The molecule has 0 aliphatic carbocycles. The van der Waals surface area contributed by atoms with E-state index in [4.69, 9.17) is 11.1 Å². The summed E-state index contributed by atoms with van der Waals surface area (Å²) in [5.41, 5.74) is 6.19. The smallest absolute Gasteiger partial charge is 0.347 e. The molecule has 4 amide bonds. The number of amides is 4. The molecule has 1 aliphatic heterocycles. The number of nitrogens with two attached hydrogens (primary N) is 1. The van der Waals surface area contributed by atoms with Gasteiger partial charge in [0.05, 0.1) is 12.5 Å². The maximum Gasteiger partial charge on any atom is 0.347 e. The van der Waals surface area contributed by atoms with Crippen LogP contribution in [0.15, 0.2) is 97.1 Å². The number of nitrogens with one attached hydrogen (secondary N) is 1. The quantitative estimate of drug-likeness (QED) is 0.148. The molecule has 0 aromatic heterocycles. The fourth-order valence-corrected chi connectivity index (χ4v) is 5.68. The van der Waals surface area contributed by atoms with E-state index in [9.17, 15) is 24.3 Å². The van der Waals surface area contributed by atoms with Gasteiger partial charge in [-0.05, 0) is 34.4 Å². The number of fused-ring (bicyclic) bond motifs is 1. The minimum Gasteiger partial charge on any atom is -0.481 e. The first-order valence-corrected chi connectivity index (χ1v) is 13.7. The van der Waals surface area contributed by atoms with E-state index in [-0.39, 0.29) is 12.4 Å². The van der Waals surface area contributed by atoms with Crippen LogP contribution in [-0.4, -0.2) is 49.7 Å². The monoisotopic (exact) mass is 577 g/mol. The number of imide groups is 1. The number of hydrazine groups is 1. The molecular formula is C33H31N5O5. The molecule has 4 aromatic rings. The van der Waals surface area contributed by atoms with Gasteiger partial charge in [0.2, 0.25) is 5.91 Å². The number of hydrogen-bond donors (Lipinski definition) is 3. The second-order valence-corrected chi connectivity index (χ2v) is 10.6. The Morgan fingerprint density at radius 3 is 2.19 bits per heavy atom. The third-order valence-electron chi connectivity index (χ3n) is 7.89. The highest BCUT2D eigenvalue weighted by atomic mass is 16.4. The summed E-state index contributed by atoms with van der Waals surface area (Å²) in [6.07, 6.45) is -0.548. The van der Waals surface area contributed by atoms with E-state index in [2.05, 4.69) is 0 Å². The van der Waals surface area contributed by atoms with Crippen LogP contribution >= 0.6 is 0 Å². The van der Waals surface area contributed by atoms with Gasteiger partial charge in [0, 0.05) is 19.0 Å². The Bertz CT molecular complexity index is 1730. The minimum atomic E-state index is -1.58. The molecule has 0 radical (unpaired) electrons. The number of nitrogen functional groups attached to an aromatic ring is 1. The van der Waals surface area contributed by atoms with E-state index in [0.717, 1.165) is 21.0 Å². The number of rotatable bonds is 9. The second kappa shape index (κ2) is 11.4. The number of amidine groups is 1. The molecular weight excluding hydrogens is 546 g/mol. The molecule has 10 heteroatoms. The summed E-state index contributed by atoms with van der Waals surface area (Å²) in [5, 5.41) is 21.0. The van der Waals surface area contributed by atoms with Crippen LogP contribution in [0.2, 0.25) is 0 Å². The highest BCUT2D eigenvalue weighted by Crippen LogP contribution is 2.42. The molecule has 218 valence electrons. The van der Waals surface area contributed by atoms with Crippen LogP contribution in [0.4, 0.5) is 4.79 Å². The lowest BCUT2D eigenvalue weighted by atomic mass is 9.89. The van der Waals surface area contributed by atoms with Gasteiger partial charge in [-0.1, -0.05) is 97.1 Å². The molecule has 4 N–H and O–H groups in total. The van der Waals surface area contributed by atoms with E-state index in [0.29, 0.717) is 22.1 Å². The summed E-state index contributed by atoms with van der Waals surface area (Å²) >= 11 is 0. The van der Waals surface area contributed by atoms with Crippen molar-refractivity contribution in [2.75, 3.05) is 0 Å². The van der Waals surface area contributed by atoms with Gasteiger partial charge in [0.25, 0.3) is 5.91 Å². The number of urea groups is 1. The van der Waals surface area contributed by atoms with Crippen molar-refractivity contribution in [1.29, 1.82) is 5.41 Å². The number of carboxylic acid groups (broad SMARTS) is 1. The molecule has 4 aromatic carbocycles. The van der Waals surface area contributed by atoms with Gasteiger partial charge in [-0.15, -0.1) is 0 Å². The molecule has 0 spiro atoms. The third kappa shape index (κ3) is 5.19. The van der Waals surface area contributed by atoms with Gasteiger partial charge in [0.1, 0.15) is 11.4 Å². The first-order chi connectivity index (χ1) is 20.5. The fraction of sp³-hybridized carbons (Fsp3) is 0.182. The number of nitrogens with zero attached hydrogens (tertiary/aromatic N) is 3. The second-order valence-electron chi connectivity index (χ2n) is 10.6. The molecule has 2 atom stereocenters. The molecule has 0 saturated carbocycles. The van der Waals surface area contributed by atoms with Crippen LogP contribution in [0.3, 0.4) is 0 Å². The maximum atomic E-state index is 14.5. The van der Waals surface area contributed by atoms with E-state index in [1.54, 1.807) is 49.4 Å². The van der Waals surface area contributed by atoms with Gasteiger partial charge in [-0.25, -0.2) is 9.80 Å². The van der Waals surface area contributed by atoms with E-state index < -0.39 is 41.8 Å². The van der Waals surface area contributed by atoms with Crippen LogP contribution in [0, 0.1) is 5.41 Å². The molecule has 2 unspecified atom stereocenters. The Labute approximate surface area is 248 Å². The molecule has 10 nitrogen and oxygen atoms in total. The van der Waals surface area contributed by atoms with Gasteiger partial charge < -0.3 is 10.8 Å². The first-order valence-electron chi connectivity index (χ1n) is 13.7. The van der Waals surface area contributed by atoms with E-state index in [1.807, 2.05) is 54.6 Å². The molecule has 1 fully saturated rings. The molecule has 1 saturated heterocycles. The average molecular weight is 578 g/mol. The highest BCUT2D eigenvalue weighted by Gasteiger charge is 2.58. The van der Waals surface area contributed by atoms with Crippen LogP contribution < -0.4 is 5.73 Å². The molecule has 5 rings (SSSR count). The SMILES string of the molecule is CC(=O)N(C(CC(=O)O)c1cccc2ccccc12)N1C(=O)N(Cc2ccccc2)C(C)(c2ccc(C(=N)N)cc2)C1=O. The Hall–Kier alpha value is -5.51. The van der Waals surface area contributed by atoms with Crippen molar-refractivity contribution in [1.82, 2.24) is 14.9 Å². The Morgan fingerprint density at radius 1 is 0.930 bits per heavy atom. The average Bonchev–Trinajstić information content (AvgIpc) is 3.18. The van der Waals surface area contributed by atoms with E-state index >= 15 is 0 Å². The lowest BCUT2D eigenvalue weighted by molar-refractivity contribution is -0.162. The zero-order chi connectivity index (χ0) is 30.9. The Balaban J connectivity index is 1.68. The zero-order valence-electron chi connectivity index (χ0n) is 23.7. The number of benzene rings is 4. The normalized spacial score (nSPS) is 17.3. The van der Waals surface area contributed by atoms with Crippen LogP contribution in [0.25, 0.3) is 10.8 Å². The standard InChI is InChI=1S/C33H31N5O5/c1-21(39)37(28(19-29(40)41)27-14-8-12-23-11-6-7-13-26(23)27)38-31(42)33(2,25-17-15-24(16-18-25)30(34)35)36(32(38)43)20-22-9-4-3-5-10-22/h3-18,28H,19-20H2,1-2H3,(H3,34,35)(H,40,41). The van der Waals surface area contributed by atoms with Crippen molar-refractivity contribution in [2.45, 2.75) is 38.4 Å². The predicted molar refractivity (Wildman–Crippen MR) is 160 cm³/mol. The van der Waals surface area contributed by atoms with Gasteiger partial charge in [-0.3, -0.25) is 24.7 Å². The topological polar surface area (TPSA) is 148 Å². The van der Waals surface area contributed by atoms with Crippen molar-refractivity contribution in [3.8, 4) is 0 Å². The maximum absolute atomic E-state index is 14.5. The highest BCUT2D eigenvalue weighted by molar-refractivity contribution is 6.08. The summed E-state index contributed by atoms with van der Waals surface area (Å²) in [4.78, 5) is 55.9. The molecule has 1 heterocycles. The Morgan fingerprint density at radius 2 is 1.56 bits per heavy atom. The summed E-state index contributed by atoms with van der Waals surface area (Å²) in [5.74, 6) is -2.73. The van der Waals surface area contributed by atoms with Crippen molar-refractivity contribution >= 4 is 40.4 Å². The van der Waals surface area contributed by atoms with Gasteiger partial charge in [0.15, 0.2) is 0 Å². The van der Waals surface area contributed by atoms with E-state index in [1.165, 1.54) is 11.8 Å². The summed E-state index contributed by atoms with van der Waals surface area (Å²) in [6, 6.07) is 26.3. The summed E-state index contributed by atoms with van der Waals surface area (Å²) < 4.78 is 0. The van der Waals surface area contributed by atoms with Crippen molar-refractivity contribution in [3.05, 3.63) is 119 Å². The Kier molecular flexibility index (Phi) is 7.69. The minimum absolute atomic E-state index is 0.0382. The first kappa shape index (κ1) is 29.0. The lowest BCUT2D eigenvalue weighted by Crippen LogP contribution is -2.52. The molecule has 43 heavy (non-hydrogen) atoms. The van der Waals surface area contributed by atoms with Crippen LogP contribution in [0.1, 0.15) is 48.6 Å². The largest absolute Gasteiger partial charge is 0.481 e. The predicted octanol–water partition coefficient (Wildman–Crippen LogP) is 4.78. The summed E-state index contributed by atoms with van der Waals surface area (Å²) in [6.45, 7) is 2.84. The fourth-order valence-electron chi connectivity index (χ4n) is 5.68. The van der Waals surface area contributed by atoms with Crippen molar-refractivity contribution in [2.24, 2.45) is 5.73 Å². The third-order valence-corrected chi connectivity index (χ3v) is 7.89. The van der Waals surface area contributed by atoms with Crippen molar-refractivity contribution in [3.63, 3.8) is 0 Å².